The molecule has 0 saturated heterocycles. The molecule has 0 bridgehead atoms. The Morgan fingerprint density at radius 2 is 1.92 bits per heavy atom. The number of carbonyl (C=O) groups excluding carboxylic acids is 1. The fraction of sp³-hybridized carbons (Fsp3) is 0.389. The number of ether oxygens (including phenoxy) is 1. The maximum Gasteiger partial charge on any atom is 0.220 e. The lowest BCUT2D eigenvalue weighted by atomic mass is 10.1. The highest BCUT2D eigenvalue weighted by Gasteiger charge is 2.16. The molecule has 1 N–H and O–H groups in total. The van der Waals surface area contributed by atoms with Gasteiger partial charge in [0.05, 0.1) is 0 Å². The quantitative estimate of drug-likeness (QED) is 0.777. The van der Waals surface area contributed by atoms with E-state index < -0.39 is 0 Å². The smallest absolute Gasteiger partial charge is 0.220 e. The monoisotopic (exact) mass is 348 g/mol. The van der Waals surface area contributed by atoms with E-state index in [1.165, 1.54) is 0 Å². The number of halogens is 1. The molecule has 0 aliphatic heterocycles. The highest BCUT2D eigenvalue weighted by atomic mass is 35.5. The molecular formula is C18H21ClN2O3. The van der Waals surface area contributed by atoms with Crippen molar-refractivity contribution in [2.75, 3.05) is 13.2 Å². The molecule has 1 heterocycles. The maximum atomic E-state index is 12.2. The molecule has 0 unspecified atom stereocenters. The van der Waals surface area contributed by atoms with Gasteiger partial charge < -0.3 is 9.84 Å². The van der Waals surface area contributed by atoms with E-state index in [0.29, 0.717) is 28.7 Å². The number of Topliss-reactive ketones (excluding diaryl/α,β-unsaturated/α-hetero) is 1. The number of hydrogen-bond donors (Lipinski definition) is 1. The molecule has 0 radical (unpaired) electrons. The van der Waals surface area contributed by atoms with Crippen LogP contribution in [-0.2, 0) is 6.42 Å². The Hall–Kier alpha value is -1.98. The first-order valence-electron chi connectivity index (χ1n) is 7.82. The zero-order valence-electron chi connectivity index (χ0n) is 14.0. The van der Waals surface area contributed by atoms with Crippen LogP contribution in [0.3, 0.4) is 0 Å². The van der Waals surface area contributed by atoms with Gasteiger partial charge in [-0.05, 0) is 31.2 Å². The summed E-state index contributed by atoms with van der Waals surface area (Å²) in [5.41, 5.74) is 2.01. The fourth-order valence-electron chi connectivity index (χ4n) is 2.22. The van der Waals surface area contributed by atoms with Gasteiger partial charge in [-0.3, -0.25) is 4.79 Å². The fourth-order valence-corrected chi connectivity index (χ4v) is 2.35. The summed E-state index contributed by atoms with van der Waals surface area (Å²) in [5, 5.41) is 9.81. The van der Waals surface area contributed by atoms with Crippen molar-refractivity contribution in [3.63, 3.8) is 0 Å². The van der Waals surface area contributed by atoms with Gasteiger partial charge in [-0.1, -0.05) is 25.4 Å². The Kier molecular flexibility index (Phi) is 6.29. The number of benzene rings is 1. The minimum absolute atomic E-state index is 0.0350. The number of aliphatic hydroxyl groups is 1. The van der Waals surface area contributed by atoms with Gasteiger partial charge in [-0.2, -0.15) is 4.98 Å². The topological polar surface area (TPSA) is 72.3 Å². The number of hydrogen-bond acceptors (Lipinski definition) is 5. The van der Waals surface area contributed by atoms with Gasteiger partial charge in [-0.15, -0.1) is 0 Å². The van der Waals surface area contributed by atoms with Crippen molar-refractivity contribution >= 4 is 17.4 Å². The molecule has 128 valence electrons. The second-order valence-corrected chi connectivity index (χ2v) is 6.23. The van der Waals surface area contributed by atoms with Crippen LogP contribution in [0.1, 0.15) is 47.2 Å². The molecule has 1 aromatic carbocycles. The van der Waals surface area contributed by atoms with Crippen LogP contribution in [0.15, 0.2) is 24.3 Å². The van der Waals surface area contributed by atoms with E-state index >= 15 is 0 Å². The van der Waals surface area contributed by atoms with Gasteiger partial charge in [0.1, 0.15) is 5.82 Å². The number of aryl methyl sites for hydroxylation is 1. The Balaban J connectivity index is 2.20. The van der Waals surface area contributed by atoms with Gasteiger partial charge in [0.25, 0.3) is 0 Å². The average molecular weight is 349 g/mol. The van der Waals surface area contributed by atoms with E-state index in [-0.39, 0.29) is 24.9 Å². The number of aliphatic hydroxyl groups excluding tert-OH is 1. The van der Waals surface area contributed by atoms with E-state index in [1.807, 2.05) is 20.8 Å². The maximum absolute atomic E-state index is 12.2. The molecule has 0 atom stereocenters. The number of ketones is 1. The standard InChI is InChI=1S/C18H21ClN2O3/c1-11(2)17-20-12(3)15(8-9-22)18(21-17)24-10-16(23)13-4-6-14(19)7-5-13/h4-7,11,22H,8-10H2,1-3H3. The van der Waals surface area contributed by atoms with Gasteiger partial charge >= 0.3 is 0 Å². The lowest BCUT2D eigenvalue weighted by Gasteiger charge is -2.14. The van der Waals surface area contributed by atoms with E-state index in [2.05, 4.69) is 9.97 Å². The van der Waals surface area contributed by atoms with Crippen molar-refractivity contribution in [1.82, 2.24) is 9.97 Å². The Morgan fingerprint density at radius 1 is 1.25 bits per heavy atom. The number of carbonyl (C=O) groups is 1. The first kappa shape index (κ1) is 18.4. The molecule has 0 fully saturated rings. The predicted octanol–water partition coefficient (Wildman–Crippen LogP) is 3.36. The Bertz CT molecular complexity index is 715. The number of nitrogens with zero attached hydrogens (tertiary/aromatic N) is 2. The van der Waals surface area contributed by atoms with E-state index in [9.17, 15) is 9.90 Å². The van der Waals surface area contributed by atoms with E-state index in [0.717, 1.165) is 11.3 Å². The van der Waals surface area contributed by atoms with Gasteiger partial charge in [0.2, 0.25) is 5.88 Å². The first-order chi connectivity index (χ1) is 11.4. The Morgan fingerprint density at radius 3 is 2.50 bits per heavy atom. The molecule has 0 aliphatic carbocycles. The minimum Gasteiger partial charge on any atom is -0.469 e. The third-order valence-electron chi connectivity index (χ3n) is 3.58. The van der Waals surface area contributed by atoms with Crippen molar-refractivity contribution in [2.24, 2.45) is 0 Å². The summed E-state index contributed by atoms with van der Waals surface area (Å²) >= 11 is 5.83. The average Bonchev–Trinajstić information content (AvgIpc) is 2.55. The van der Waals surface area contributed by atoms with Crippen molar-refractivity contribution in [1.29, 1.82) is 0 Å². The molecular weight excluding hydrogens is 328 g/mol. The second kappa shape index (κ2) is 8.22. The summed E-state index contributed by atoms with van der Waals surface area (Å²) < 4.78 is 5.66. The van der Waals surface area contributed by atoms with Crippen LogP contribution < -0.4 is 4.74 Å². The predicted molar refractivity (Wildman–Crippen MR) is 92.9 cm³/mol. The normalized spacial score (nSPS) is 10.9. The third-order valence-corrected chi connectivity index (χ3v) is 3.83. The van der Waals surface area contributed by atoms with Crippen LogP contribution in [0.4, 0.5) is 0 Å². The van der Waals surface area contributed by atoms with Crippen molar-refractivity contribution < 1.29 is 14.6 Å². The Labute approximate surface area is 146 Å². The summed E-state index contributed by atoms with van der Waals surface area (Å²) in [6, 6.07) is 6.65. The summed E-state index contributed by atoms with van der Waals surface area (Å²) in [6.45, 7) is 5.67. The minimum atomic E-state index is -0.163. The highest BCUT2D eigenvalue weighted by Crippen LogP contribution is 2.23. The van der Waals surface area contributed by atoms with Crippen molar-refractivity contribution in [3.05, 3.63) is 51.9 Å². The summed E-state index contributed by atoms with van der Waals surface area (Å²) in [6.07, 6.45) is 0.384. The van der Waals surface area contributed by atoms with Crippen molar-refractivity contribution in [3.8, 4) is 5.88 Å². The molecule has 0 spiro atoms. The molecule has 2 aromatic rings. The van der Waals surface area contributed by atoms with Crippen LogP contribution in [-0.4, -0.2) is 34.1 Å². The summed E-state index contributed by atoms with van der Waals surface area (Å²) in [5.74, 6) is 0.996. The summed E-state index contributed by atoms with van der Waals surface area (Å²) in [4.78, 5) is 21.1. The third kappa shape index (κ3) is 4.52. The van der Waals surface area contributed by atoms with E-state index in [1.54, 1.807) is 24.3 Å². The van der Waals surface area contributed by atoms with Gasteiger partial charge in [0, 0.05) is 40.8 Å². The highest BCUT2D eigenvalue weighted by molar-refractivity contribution is 6.30. The summed E-state index contributed by atoms with van der Waals surface area (Å²) in [7, 11) is 0. The number of rotatable bonds is 7. The SMILES string of the molecule is Cc1nc(C(C)C)nc(OCC(=O)c2ccc(Cl)cc2)c1CCO. The van der Waals surface area contributed by atoms with Crippen molar-refractivity contribution in [2.45, 2.75) is 33.1 Å². The first-order valence-corrected chi connectivity index (χ1v) is 8.20. The molecule has 0 saturated carbocycles. The van der Waals surface area contributed by atoms with Crippen LogP contribution in [0.25, 0.3) is 0 Å². The zero-order valence-corrected chi connectivity index (χ0v) is 14.8. The molecule has 5 nitrogen and oxygen atoms in total. The second-order valence-electron chi connectivity index (χ2n) is 5.80. The molecule has 2 rings (SSSR count). The molecule has 6 heteroatoms. The molecule has 1 aromatic heterocycles. The van der Waals surface area contributed by atoms with Crippen LogP contribution >= 0.6 is 11.6 Å². The number of aromatic nitrogens is 2. The largest absolute Gasteiger partial charge is 0.469 e. The van der Waals surface area contributed by atoms with Gasteiger partial charge in [-0.25, -0.2) is 4.98 Å². The lowest BCUT2D eigenvalue weighted by Crippen LogP contribution is -2.16. The van der Waals surface area contributed by atoms with Crippen LogP contribution in [0.5, 0.6) is 5.88 Å². The van der Waals surface area contributed by atoms with Crippen LogP contribution in [0, 0.1) is 6.92 Å². The lowest BCUT2D eigenvalue weighted by molar-refractivity contribution is 0.0916. The molecule has 0 amide bonds. The van der Waals surface area contributed by atoms with Gasteiger partial charge in [0.15, 0.2) is 12.4 Å². The zero-order chi connectivity index (χ0) is 17.7. The molecule has 24 heavy (non-hydrogen) atoms. The molecule has 0 aliphatic rings. The van der Waals surface area contributed by atoms with Crippen LogP contribution in [0.2, 0.25) is 5.02 Å². The van der Waals surface area contributed by atoms with E-state index in [4.69, 9.17) is 16.3 Å².